The topological polar surface area (TPSA) is 75.9 Å². The molecule has 1 aliphatic rings. The third-order valence-corrected chi connectivity index (χ3v) is 4.35. The maximum absolute atomic E-state index is 9.43. The molecule has 1 saturated carbocycles. The van der Waals surface area contributed by atoms with Crippen molar-refractivity contribution in [2.24, 2.45) is 0 Å². The Morgan fingerprint density at radius 2 is 2.00 bits per heavy atom. The minimum Gasteiger partial charge on any atom is -0.393 e. The zero-order valence-corrected chi connectivity index (χ0v) is 13.2. The fourth-order valence-corrected chi connectivity index (χ4v) is 2.89. The third kappa shape index (κ3) is 3.14. The van der Waals surface area contributed by atoms with Crippen LogP contribution in [0.2, 0.25) is 0 Å². The molecule has 2 aromatic heterocycles. The van der Waals surface area contributed by atoms with Crippen LogP contribution in [0.5, 0.6) is 0 Å². The molecule has 2 N–H and O–H groups in total. The summed E-state index contributed by atoms with van der Waals surface area (Å²) >= 11 is 0. The number of rotatable bonds is 5. The molecule has 1 aromatic carbocycles. The van der Waals surface area contributed by atoms with Crippen molar-refractivity contribution < 1.29 is 5.11 Å². The Labute approximate surface area is 140 Å². The molecule has 0 saturated heterocycles. The summed E-state index contributed by atoms with van der Waals surface area (Å²) in [5.74, 6) is 1.15. The van der Waals surface area contributed by atoms with Crippen molar-refractivity contribution in [1.82, 2.24) is 19.7 Å². The molecule has 4 rings (SSSR count). The Balaban J connectivity index is 1.40. The number of hydrogen-bond donors (Lipinski definition) is 2. The first-order valence-electron chi connectivity index (χ1n) is 8.11. The van der Waals surface area contributed by atoms with Crippen molar-refractivity contribution in [2.45, 2.75) is 31.4 Å². The van der Waals surface area contributed by atoms with Gasteiger partial charge in [0, 0.05) is 36.0 Å². The van der Waals surface area contributed by atoms with Crippen LogP contribution in [0.4, 0.5) is 5.82 Å². The van der Waals surface area contributed by atoms with E-state index >= 15 is 0 Å². The minimum absolute atomic E-state index is 0.176. The van der Waals surface area contributed by atoms with Crippen molar-refractivity contribution in [3.63, 3.8) is 0 Å². The first-order valence-corrected chi connectivity index (χ1v) is 8.11. The predicted molar refractivity (Wildman–Crippen MR) is 90.9 cm³/mol. The molecule has 0 aliphatic heterocycles. The van der Waals surface area contributed by atoms with Crippen LogP contribution in [0.15, 0.2) is 55.1 Å². The lowest BCUT2D eigenvalue weighted by Crippen LogP contribution is -2.27. The molecule has 0 bridgehead atoms. The van der Waals surface area contributed by atoms with Gasteiger partial charge in [-0.1, -0.05) is 18.2 Å². The molecule has 1 fully saturated rings. The Morgan fingerprint density at radius 1 is 1.17 bits per heavy atom. The number of anilines is 1. The minimum atomic E-state index is -0.176. The molecule has 24 heavy (non-hydrogen) atoms. The summed E-state index contributed by atoms with van der Waals surface area (Å²) < 4.78 is 1.86. The number of nitrogens with one attached hydrogen (secondary N) is 1. The molecule has 0 spiro atoms. The van der Waals surface area contributed by atoms with Crippen LogP contribution in [0.25, 0.3) is 5.69 Å². The number of aliphatic hydroxyl groups excluding tert-OH is 1. The SMILES string of the molecule is OC1CC(c2cc(NCc3cnn(-c4ccccc4)c3)ncn2)C1. The quantitative estimate of drug-likeness (QED) is 0.755. The van der Waals surface area contributed by atoms with Crippen molar-refractivity contribution >= 4 is 5.82 Å². The molecule has 0 amide bonds. The largest absolute Gasteiger partial charge is 0.393 e. The first kappa shape index (κ1) is 14.8. The number of hydrogen-bond acceptors (Lipinski definition) is 5. The van der Waals surface area contributed by atoms with Crippen LogP contribution in [0, 0.1) is 0 Å². The van der Waals surface area contributed by atoms with E-state index in [4.69, 9.17) is 0 Å². The molecular formula is C18H19N5O. The van der Waals surface area contributed by atoms with E-state index in [1.54, 1.807) is 6.33 Å². The molecule has 0 radical (unpaired) electrons. The van der Waals surface area contributed by atoms with E-state index in [-0.39, 0.29) is 6.10 Å². The number of aliphatic hydroxyl groups is 1. The normalized spacial score (nSPS) is 19.7. The number of aromatic nitrogens is 4. The monoisotopic (exact) mass is 321 g/mol. The van der Waals surface area contributed by atoms with Crippen molar-refractivity contribution in [1.29, 1.82) is 0 Å². The zero-order chi connectivity index (χ0) is 16.4. The van der Waals surface area contributed by atoms with Crippen molar-refractivity contribution in [3.05, 3.63) is 66.4 Å². The van der Waals surface area contributed by atoms with E-state index in [9.17, 15) is 5.11 Å². The molecule has 3 aromatic rings. The second kappa shape index (κ2) is 6.41. The molecule has 122 valence electrons. The summed E-state index contributed by atoms with van der Waals surface area (Å²) in [7, 11) is 0. The molecule has 6 heteroatoms. The van der Waals surface area contributed by atoms with Gasteiger partial charge < -0.3 is 10.4 Å². The Bertz CT molecular complexity index is 811. The summed E-state index contributed by atoms with van der Waals surface area (Å²) in [6.07, 6.45) is 6.85. The van der Waals surface area contributed by atoms with Gasteiger partial charge in [-0.2, -0.15) is 5.10 Å². The smallest absolute Gasteiger partial charge is 0.129 e. The van der Waals surface area contributed by atoms with Gasteiger partial charge in [0.1, 0.15) is 12.1 Å². The van der Waals surface area contributed by atoms with Gasteiger partial charge in [0.2, 0.25) is 0 Å². The fourth-order valence-electron chi connectivity index (χ4n) is 2.89. The predicted octanol–water partition coefficient (Wildman–Crippen LogP) is 2.51. The van der Waals surface area contributed by atoms with Crippen LogP contribution in [-0.4, -0.2) is 31.0 Å². The van der Waals surface area contributed by atoms with Gasteiger partial charge in [-0.3, -0.25) is 0 Å². The number of para-hydroxylation sites is 1. The lowest BCUT2D eigenvalue weighted by molar-refractivity contribution is 0.0732. The lowest BCUT2D eigenvalue weighted by atomic mass is 9.80. The summed E-state index contributed by atoms with van der Waals surface area (Å²) in [5.41, 5.74) is 3.12. The maximum Gasteiger partial charge on any atom is 0.129 e. The Morgan fingerprint density at radius 3 is 2.79 bits per heavy atom. The van der Waals surface area contributed by atoms with Gasteiger partial charge in [0.15, 0.2) is 0 Å². The van der Waals surface area contributed by atoms with Crippen molar-refractivity contribution in [2.75, 3.05) is 5.32 Å². The summed E-state index contributed by atoms with van der Waals surface area (Å²) in [6.45, 7) is 0.649. The summed E-state index contributed by atoms with van der Waals surface area (Å²) in [4.78, 5) is 8.58. The van der Waals surface area contributed by atoms with E-state index in [2.05, 4.69) is 20.4 Å². The number of nitrogens with zero attached hydrogens (tertiary/aromatic N) is 4. The highest BCUT2D eigenvalue weighted by Crippen LogP contribution is 2.35. The zero-order valence-electron chi connectivity index (χ0n) is 13.2. The lowest BCUT2D eigenvalue weighted by Gasteiger charge is -2.30. The molecular weight excluding hydrogens is 302 g/mol. The molecule has 6 nitrogen and oxygen atoms in total. The standard InChI is InChI=1S/C18H19N5O/c24-16-6-14(7-16)17-8-18(21-12-20-17)19-9-13-10-22-23(11-13)15-4-2-1-3-5-15/h1-5,8,10-12,14,16,24H,6-7,9H2,(H,19,20,21). The van der Waals surface area contributed by atoms with Gasteiger partial charge >= 0.3 is 0 Å². The first-order chi connectivity index (χ1) is 11.8. The molecule has 0 unspecified atom stereocenters. The fraction of sp³-hybridized carbons (Fsp3) is 0.278. The van der Waals surface area contributed by atoms with E-state index in [1.807, 2.05) is 53.5 Å². The van der Waals surface area contributed by atoms with Gasteiger partial charge in [0.05, 0.1) is 18.0 Å². The average Bonchev–Trinajstić information content (AvgIpc) is 3.07. The van der Waals surface area contributed by atoms with Crippen LogP contribution in [-0.2, 0) is 6.54 Å². The molecule has 1 aliphatic carbocycles. The van der Waals surface area contributed by atoms with E-state index < -0.39 is 0 Å². The average molecular weight is 321 g/mol. The molecule has 2 heterocycles. The Kier molecular flexibility index (Phi) is 3.96. The van der Waals surface area contributed by atoms with Crippen LogP contribution in [0.1, 0.15) is 30.0 Å². The third-order valence-electron chi connectivity index (χ3n) is 4.35. The van der Waals surface area contributed by atoms with Crippen LogP contribution >= 0.6 is 0 Å². The maximum atomic E-state index is 9.43. The summed E-state index contributed by atoms with van der Waals surface area (Å²) in [6, 6.07) is 12.0. The van der Waals surface area contributed by atoms with Gasteiger partial charge in [-0.25, -0.2) is 14.6 Å². The van der Waals surface area contributed by atoms with Crippen LogP contribution < -0.4 is 5.32 Å². The Hall–Kier alpha value is -2.73. The highest BCUT2D eigenvalue weighted by Gasteiger charge is 2.29. The van der Waals surface area contributed by atoms with E-state index in [0.29, 0.717) is 12.5 Å². The van der Waals surface area contributed by atoms with E-state index in [0.717, 1.165) is 35.6 Å². The number of benzene rings is 1. The highest BCUT2D eigenvalue weighted by atomic mass is 16.3. The highest BCUT2D eigenvalue weighted by molar-refractivity contribution is 5.38. The summed E-state index contributed by atoms with van der Waals surface area (Å²) in [5, 5.41) is 17.1. The van der Waals surface area contributed by atoms with Gasteiger partial charge in [-0.05, 0) is 25.0 Å². The van der Waals surface area contributed by atoms with Crippen molar-refractivity contribution in [3.8, 4) is 5.69 Å². The second-order valence-corrected chi connectivity index (χ2v) is 6.13. The van der Waals surface area contributed by atoms with Gasteiger partial charge in [-0.15, -0.1) is 0 Å². The molecule has 0 atom stereocenters. The van der Waals surface area contributed by atoms with Crippen LogP contribution in [0.3, 0.4) is 0 Å². The van der Waals surface area contributed by atoms with Gasteiger partial charge in [0.25, 0.3) is 0 Å². The van der Waals surface area contributed by atoms with E-state index in [1.165, 1.54) is 0 Å². The second-order valence-electron chi connectivity index (χ2n) is 6.13.